The van der Waals surface area contributed by atoms with E-state index in [2.05, 4.69) is 33.6 Å². The molecule has 2 atom stereocenters. The highest BCUT2D eigenvalue weighted by Crippen LogP contribution is 2.55. The Morgan fingerprint density at radius 1 is 1.26 bits per heavy atom. The van der Waals surface area contributed by atoms with E-state index < -0.39 is 0 Å². The number of nitrogens with one attached hydrogen (secondary N) is 1. The van der Waals surface area contributed by atoms with Crippen LogP contribution < -0.4 is 10.1 Å². The van der Waals surface area contributed by atoms with E-state index in [0.29, 0.717) is 12.5 Å². The number of fused-ring (bicyclic) bond motifs is 3. The van der Waals surface area contributed by atoms with Gasteiger partial charge in [0.05, 0.1) is 12.7 Å². The maximum atomic E-state index is 11.1. The summed E-state index contributed by atoms with van der Waals surface area (Å²) in [4.78, 5) is 18.2. The van der Waals surface area contributed by atoms with Crippen molar-refractivity contribution in [3.05, 3.63) is 47.0 Å². The van der Waals surface area contributed by atoms with Crippen LogP contribution in [0.2, 0.25) is 5.02 Å². The molecule has 0 saturated carbocycles. The van der Waals surface area contributed by atoms with E-state index in [1.165, 1.54) is 0 Å². The zero-order chi connectivity index (χ0) is 24.6. The predicted octanol–water partition coefficient (Wildman–Crippen LogP) is 4.25. The largest absolute Gasteiger partial charge is 0.487 e. The lowest BCUT2D eigenvalue weighted by atomic mass is 9.64. The highest BCUT2D eigenvalue weighted by molar-refractivity contribution is 6.30. The number of piperidine rings is 1. The first-order valence-electron chi connectivity index (χ1n) is 12.8. The van der Waals surface area contributed by atoms with Gasteiger partial charge in [0.1, 0.15) is 17.2 Å². The molecule has 3 aliphatic rings. The molecule has 0 aliphatic carbocycles. The SMILES string of the molecule is CC(=O)NCCc1nccn1CCN1CCC2(CC1)COC1c3cc(Cl)ccc3OC(C)(C)C1C2. The van der Waals surface area contributed by atoms with Crippen molar-refractivity contribution in [2.24, 2.45) is 11.3 Å². The first-order valence-corrected chi connectivity index (χ1v) is 13.2. The van der Waals surface area contributed by atoms with E-state index >= 15 is 0 Å². The van der Waals surface area contributed by atoms with Crippen LogP contribution in [0, 0.1) is 11.3 Å². The molecule has 35 heavy (non-hydrogen) atoms. The summed E-state index contributed by atoms with van der Waals surface area (Å²) in [5.74, 6) is 2.24. The number of carbonyl (C=O) groups is 1. The van der Waals surface area contributed by atoms with Crippen LogP contribution in [0.1, 0.15) is 57.5 Å². The molecule has 0 radical (unpaired) electrons. The summed E-state index contributed by atoms with van der Waals surface area (Å²) in [5, 5.41) is 3.59. The Morgan fingerprint density at radius 3 is 2.83 bits per heavy atom. The molecule has 2 unspecified atom stereocenters. The number of hydrogen-bond donors (Lipinski definition) is 1. The number of hydrogen-bond acceptors (Lipinski definition) is 5. The molecule has 2 fully saturated rings. The topological polar surface area (TPSA) is 68.6 Å². The highest BCUT2D eigenvalue weighted by atomic mass is 35.5. The molecule has 7 nitrogen and oxygen atoms in total. The Labute approximate surface area is 213 Å². The van der Waals surface area contributed by atoms with Crippen LogP contribution in [0.3, 0.4) is 0 Å². The van der Waals surface area contributed by atoms with Gasteiger partial charge in [-0.2, -0.15) is 0 Å². The standard InChI is InChI=1S/C27H37ClN4O3/c1-19(33)29-9-6-24-30-10-13-32(24)15-14-31-11-7-27(8-12-31)17-22-25(34-18-27)21-16-20(28)4-5-23(21)35-26(22,2)3/h4-5,10,13,16,22,25H,6-9,11-12,14-15,17-18H2,1-3H3,(H,29,33). The lowest BCUT2D eigenvalue weighted by Crippen LogP contribution is -2.54. The molecule has 2 aromatic rings. The van der Waals surface area contributed by atoms with Gasteiger partial charge in [-0.3, -0.25) is 4.79 Å². The second-order valence-corrected chi connectivity index (χ2v) is 11.5. The number of ether oxygens (including phenoxy) is 2. The number of halogens is 1. The highest BCUT2D eigenvalue weighted by Gasteiger charge is 2.52. The van der Waals surface area contributed by atoms with E-state index in [-0.39, 0.29) is 23.0 Å². The van der Waals surface area contributed by atoms with Crippen LogP contribution in [-0.4, -0.2) is 58.7 Å². The van der Waals surface area contributed by atoms with Crippen LogP contribution in [0.4, 0.5) is 0 Å². The molecule has 1 spiro atoms. The molecular formula is C27H37ClN4O3. The van der Waals surface area contributed by atoms with Crippen LogP contribution in [0.15, 0.2) is 30.6 Å². The zero-order valence-corrected chi connectivity index (χ0v) is 21.8. The van der Waals surface area contributed by atoms with Crippen LogP contribution in [0.25, 0.3) is 0 Å². The summed E-state index contributed by atoms with van der Waals surface area (Å²) >= 11 is 6.31. The van der Waals surface area contributed by atoms with Crippen molar-refractivity contribution in [2.45, 2.75) is 64.7 Å². The lowest BCUT2D eigenvalue weighted by Gasteiger charge is -2.54. The molecule has 0 bridgehead atoms. The van der Waals surface area contributed by atoms with Crippen molar-refractivity contribution >= 4 is 17.5 Å². The van der Waals surface area contributed by atoms with Crippen molar-refractivity contribution in [3.8, 4) is 5.75 Å². The van der Waals surface area contributed by atoms with Gasteiger partial charge in [-0.1, -0.05) is 11.6 Å². The van der Waals surface area contributed by atoms with E-state index in [1.54, 1.807) is 6.92 Å². The van der Waals surface area contributed by atoms with Crippen molar-refractivity contribution < 1.29 is 14.3 Å². The monoisotopic (exact) mass is 500 g/mol. The minimum absolute atomic E-state index is 0.000418. The number of nitrogens with zero attached hydrogens (tertiary/aromatic N) is 3. The van der Waals surface area contributed by atoms with Crippen LogP contribution in [-0.2, 0) is 22.5 Å². The first kappa shape index (κ1) is 24.6. The third-order valence-corrected chi connectivity index (χ3v) is 8.46. The van der Waals surface area contributed by atoms with Gasteiger partial charge < -0.3 is 24.3 Å². The van der Waals surface area contributed by atoms with E-state index in [4.69, 9.17) is 21.1 Å². The maximum Gasteiger partial charge on any atom is 0.216 e. The molecule has 190 valence electrons. The Hall–Kier alpha value is -2.09. The number of imidazole rings is 1. The number of carbonyl (C=O) groups excluding carboxylic acids is 1. The fraction of sp³-hybridized carbons (Fsp3) is 0.630. The normalized spacial score (nSPS) is 24.9. The van der Waals surface area contributed by atoms with Gasteiger partial charge in [0.25, 0.3) is 0 Å². The molecule has 4 heterocycles. The summed E-state index contributed by atoms with van der Waals surface area (Å²) in [6, 6.07) is 5.89. The smallest absolute Gasteiger partial charge is 0.216 e. The molecule has 3 aliphatic heterocycles. The predicted molar refractivity (Wildman–Crippen MR) is 136 cm³/mol. The van der Waals surface area contributed by atoms with Gasteiger partial charge in [0.2, 0.25) is 5.91 Å². The zero-order valence-electron chi connectivity index (χ0n) is 21.1. The number of rotatable bonds is 6. The number of amides is 1. The molecule has 5 rings (SSSR count). The number of aromatic nitrogens is 2. The Balaban J connectivity index is 1.17. The van der Waals surface area contributed by atoms with E-state index in [1.807, 2.05) is 30.6 Å². The summed E-state index contributed by atoms with van der Waals surface area (Å²) < 4.78 is 15.3. The second-order valence-electron chi connectivity index (χ2n) is 11.0. The Morgan fingerprint density at radius 2 is 2.06 bits per heavy atom. The summed E-state index contributed by atoms with van der Waals surface area (Å²) in [5.41, 5.74) is 1.04. The molecule has 1 aromatic heterocycles. The number of likely N-dealkylation sites (tertiary alicyclic amines) is 1. The van der Waals surface area contributed by atoms with Gasteiger partial charge in [0, 0.05) is 61.9 Å². The van der Waals surface area contributed by atoms with Gasteiger partial charge in [-0.15, -0.1) is 0 Å². The molecule has 2 saturated heterocycles. The average Bonchev–Trinajstić information content (AvgIpc) is 3.26. The summed E-state index contributed by atoms with van der Waals surface area (Å²) in [7, 11) is 0. The molecule has 1 amide bonds. The van der Waals surface area contributed by atoms with Crippen molar-refractivity contribution in [2.75, 3.05) is 32.8 Å². The summed E-state index contributed by atoms with van der Waals surface area (Å²) in [6.45, 7) is 11.5. The third kappa shape index (κ3) is 5.23. The Kier molecular flexibility index (Phi) is 6.85. The fourth-order valence-electron chi connectivity index (χ4n) is 6.10. The minimum atomic E-state index is -0.273. The molecule has 1 aromatic carbocycles. The number of benzene rings is 1. The molecular weight excluding hydrogens is 464 g/mol. The van der Waals surface area contributed by atoms with E-state index in [0.717, 1.165) is 80.6 Å². The van der Waals surface area contributed by atoms with Crippen LogP contribution >= 0.6 is 11.6 Å². The Bertz CT molecular complexity index is 1060. The van der Waals surface area contributed by atoms with Crippen molar-refractivity contribution in [1.29, 1.82) is 0 Å². The van der Waals surface area contributed by atoms with Crippen molar-refractivity contribution in [1.82, 2.24) is 19.8 Å². The van der Waals surface area contributed by atoms with Gasteiger partial charge in [-0.25, -0.2) is 4.98 Å². The summed E-state index contributed by atoms with van der Waals surface area (Å²) in [6.07, 6.45) is 8.11. The molecule has 8 heteroatoms. The second kappa shape index (κ2) is 9.75. The van der Waals surface area contributed by atoms with Crippen molar-refractivity contribution in [3.63, 3.8) is 0 Å². The average molecular weight is 501 g/mol. The van der Waals surface area contributed by atoms with Crippen LogP contribution in [0.5, 0.6) is 5.75 Å². The minimum Gasteiger partial charge on any atom is -0.487 e. The van der Waals surface area contributed by atoms with Gasteiger partial charge in [0.15, 0.2) is 0 Å². The first-order chi connectivity index (χ1) is 16.7. The maximum absolute atomic E-state index is 11.1. The third-order valence-electron chi connectivity index (χ3n) is 8.23. The lowest BCUT2D eigenvalue weighted by molar-refractivity contribution is -0.174. The van der Waals surface area contributed by atoms with E-state index in [9.17, 15) is 4.79 Å². The fourth-order valence-corrected chi connectivity index (χ4v) is 6.28. The van der Waals surface area contributed by atoms with Gasteiger partial charge in [-0.05, 0) is 69.8 Å². The quantitative estimate of drug-likeness (QED) is 0.642. The molecule has 1 N–H and O–H groups in total. The van der Waals surface area contributed by atoms with Gasteiger partial charge >= 0.3 is 0 Å².